The second-order valence-electron chi connectivity index (χ2n) is 4.28. The van der Waals surface area contributed by atoms with Gasteiger partial charge >= 0.3 is 5.97 Å². The number of aromatic carboxylic acids is 1. The summed E-state index contributed by atoms with van der Waals surface area (Å²) in [6.07, 6.45) is 3.63. The molecule has 6 heteroatoms. The van der Waals surface area contributed by atoms with Gasteiger partial charge in [-0.3, -0.25) is 4.68 Å². The molecule has 3 aromatic rings. The van der Waals surface area contributed by atoms with Gasteiger partial charge in [0.15, 0.2) is 11.5 Å². The van der Waals surface area contributed by atoms with Gasteiger partial charge in [0.1, 0.15) is 6.54 Å². The van der Waals surface area contributed by atoms with Crippen molar-refractivity contribution >= 4 is 5.97 Å². The Morgan fingerprint density at radius 2 is 2.05 bits per heavy atom. The molecule has 3 rings (SSSR count). The summed E-state index contributed by atoms with van der Waals surface area (Å²) in [4.78, 5) is 10.7. The molecule has 6 nitrogen and oxygen atoms in total. The Kier molecular flexibility index (Phi) is 3.04. The smallest absolute Gasteiger partial charge is 0.358 e. The molecular weight excluding hydrogens is 258 g/mol. The van der Waals surface area contributed by atoms with Crippen molar-refractivity contribution in [3.05, 3.63) is 60.2 Å². The van der Waals surface area contributed by atoms with Crippen molar-refractivity contribution < 1.29 is 14.4 Å². The largest absolute Gasteiger partial charge is 0.476 e. The second-order valence-corrected chi connectivity index (χ2v) is 4.28. The van der Waals surface area contributed by atoms with E-state index in [-0.39, 0.29) is 5.69 Å². The molecule has 0 saturated heterocycles. The first-order chi connectivity index (χ1) is 9.72. The van der Waals surface area contributed by atoms with Gasteiger partial charge in [-0.2, -0.15) is 5.10 Å². The van der Waals surface area contributed by atoms with Gasteiger partial charge < -0.3 is 9.63 Å². The molecule has 0 amide bonds. The third kappa shape index (κ3) is 2.44. The summed E-state index contributed by atoms with van der Waals surface area (Å²) in [5.74, 6) is -0.657. The van der Waals surface area contributed by atoms with Crippen molar-refractivity contribution in [3.8, 4) is 11.1 Å². The third-order valence-electron chi connectivity index (χ3n) is 2.84. The Bertz CT molecular complexity index is 731. The molecule has 0 aliphatic heterocycles. The normalized spacial score (nSPS) is 10.6. The molecule has 0 bridgehead atoms. The lowest BCUT2D eigenvalue weighted by molar-refractivity contribution is 0.0685. The van der Waals surface area contributed by atoms with Gasteiger partial charge in [-0.25, -0.2) is 4.79 Å². The first-order valence-electron chi connectivity index (χ1n) is 5.99. The number of carbonyl (C=O) groups is 1. The summed E-state index contributed by atoms with van der Waals surface area (Å²) in [5, 5.41) is 16.5. The molecule has 0 spiro atoms. The van der Waals surface area contributed by atoms with E-state index in [1.807, 2.05) is 36.5 Å². The Labute approximate surface area is 114 Å². The van der Waals surface area contributed by atoms with Crippen LogP contribution in [0.3, 0.4) is 0 Å². The molecule has 2 heterocycles. The average molecular weight is 269 g/mol. The quantitative estimate of drug-likeness (QED) is 0.785. The standard InChI is InChI=1S/C14H11N3O3/c18-14(19)13-6-12(20-16-13)9-17-8-11(7-15-17)10-4-2-1-3-5-10/h1-8H,9H2,(H,18,19). The fraction of sp³-hybridized carbons (Fsp3) is 0.0714. The highest BCUT2D eigenvalue weighted by molar-refractivity contribution is 5.85. The molecule has 1 aromatic carbocycles. The molecule has 1 N–H and O–H groups in total. The number of hydrogen-bond acceptors (Lipinski definition) is 4. The molecule has 0 unspecified atom stereocenters. The van der Waals surface area contributed by atoms with Crippen LogP contribution in [0, 0.1) is 0 Å². The molecule has 0 fully saturated rings. The molecule has 0 atom stereocenters. The summed E-state index contributed by atoms with van der Waals surface area (Å²) in [5.41, 5.74) is 1.96. The maximum Gasteiger partial charge on any atom is 0.358 e. The highest BCUT2D eigenvalue weighted by atomic mass is 16.5. The van der Waals surface area contributed by atoms with E-state index < -0.39 is 5.97 Å². The van der Waals surface area contributed by atoms with Crippen LogP contribution in [-0.2, 0) is 6.54 Å². The fourth-order valence-corrected chi connectivity index (χ4v) is 1.88. The Balaban J connectivity index is 1.78. The molecule has 0 aliphatic carbocycles. The molecule has 0 aliphatic rings. The molecule has 100 valence electrons. The Hall–Kier alpha value is -2.89. The van der Waals surface area contributed by atoms with Crippen LogP contribution in [0.2, 0.25) is 0 Å². The number of benzene rings is 1. The minimum absolute atomic E-state index is 0.101. The van der Waals surface area contributed by atoms with E-state index in [2.05, 4.69) is 10.3 Å². The summed E-state index contributed by atoms with van der Waals surface area (Å²) in [6, 6.07) is 11.3. The van der Waals surface area contributed by atoms with Gasteiger partial charge in [-0.1, -0.05) is 35.5 Å². The zero-order valence-corrected chi connectivity index (χ0v) is 10.4. The lowest BCUT2D eigenvalue weighted by atomic mass is 10.1. The second kappa shape index (κ2) is 5.00. The van der Waals surface area contributed by atoms with Gasteiger partial charge in [-0.15, -0.1) is 0 Å². The van der Waals surface area contributed by atoms with E-state index in [0.29, 0.717) is 12.3 Å². The number of aromatic nitrogens is 3. The minimum atomic E-state index is -1.11. The summed E-state index contributed by atoms with van der Waals surface area (Å²) < 4.78 is 6.63. The van der Waals surface area contributed by atoms with Crippen molar-refractivity contribution in [3.63, 3.8) is 0 Å². The lowest BCUT2D eigenvalue weighted by Crippen LogP contribution is -1.98. The van der Waals surface area contributed by atoms with Crippen LogP contribution < -0.4 is 0 Å². The van der Waals surface area contributed by atoms with Gasteiger partial charge in [-0.05, 0) is 5.56 Å². The van der Waals surface area contributed by atoms with Crippen molar-refractivity contribution in [2.75, 3.05) is 0 Å². The summed E-state index contributed by atoms with van der Waals surface area (Å²) in [6.45, 7) is 0.340. The summed E-state index contributed by atoms with van der Waals surface area (Å²) in [7, 11) is 0. The van der Waals surface area contributed by atoms with Gasteiger partial charge in [0.2, 0.25) is 0 Å². The third-order valence-corrected chi connectivity index (χ3v) is 2.84. The molecular formula is C14H11N3O3. The number of rotatable bonds is 4. The van der Waals surface area contributed by atoms with E-state index in [4.69, 9.17) is 9.63 Å². The number of hydrogen-bond donors (Lipinski definition) is 1. The van der Waals surface area contributed by atoms with E-state index in [9.17, 15) is 4.79 Å². The molecule has 0 radical (unpaired) electrons. The van der Waals surface area contributed by atoms with E-state index in [1.165, 1.54) is 6.07 Å². The van der Waals surface area contributed by atoms with Crippen molar-refractivity contribution in [1.82, 2.24) is 14.9 Å². The Morgan fingerprint density at radius 1 is 1.25 bits per heavy atom. The first-order valence-corrected chi connectivity index (χ1v) is 5.99. The number of carboxylic acid groups (broad SMARTS) is 1. The first kappa shape index (κ1) is 12.2. The SMILES string of the molecule is O=C(O)c1cc(Cn2cc(-c3ccccc3)cn2)on1. The van der Waals surface area contributed by atoms with Crippen LogP contribution in [0.5, 0.6) is 0 Å². The zero-order chi connectivity index (χ0) is 13.9. The van der Waals surface area contributed by atoms with Crippen molar-refractivity contribution in [2.24, 2.45) is 0 Å². The maximum absolute atomic E-state index is 10.7. The highest BCUT2D eigenvalue weighted by Crippen LogP contribution is 2.18. The molecule has 2 aromatic heterocycles. The maximum atomic E-state index is 10.7. The minimum Gasteiger partial charge on any atom is -0.476 e. The molecule has 20 heavy (non-hydrogen) atoms. The monoisotopic (exact) mass is 269 g/mol. The topological polar surface area (TPSA) is 81.1 Å². The van der Waals surface area contributed by atoms with Crippen LogP contribution in [0.4, 0.5) is 0 Å². The van der Waals surface area contributed by atoms with E-state index >= 15 is 0 Å². The lowest BCUT2D eigenvalue weighted by Gasteiger charge is -1.96. The van der Waals surface area contributed by atoms with Gasteiger partial charge in [0, 0.05) is 17.8 Å². The van der Waals surface area contributed by atoms with Crippen LogP contribution in [-0.4, -0.2) is 26.0 Å². The van der Waals surface area contributed by atoms with Crippen molar-refractivity contribution in [1.29, 1.82) is 0 Å². The fourth-order valence-electron chi connectivity index (χ4n) is 1.88. The van der Waals surface area contributed by atoms with Crippen LogP contribution >= 0.6 is 0 Å². The van der Waals surface area contributed by atoms with Gasteiger partial charge in [0.05, 0.1) is 6.20 Å². The average Bonchev–Trinajstić information content (AvgIpc) is 3.10. The van der Waals surface area contributed by atoms with E-state index in [1.54, 1.807) is 10.9 Å². The van der Waals surface area contributed by atoms with Crippen LogP contribution in [0.15, 0.2) is 53.3 Å². The number of carboxylic acids is 1. The Morgan fingerprint density at radius 3 is 2.75 bits per heavy atom. The predicted molar refractivity (Wildman–Crippen MR) is 70.2 cm³/mol. The van der Waals surface area contributed by atoms with Crippen LogP contribution in [0.25, 0.3) is 11.1 Å². The van der Waals surface area contributed by atoms with Crippen LogP contribution in [0.1, 0.15) is 16.2 Å². The van der Waals surface area contributed by atoms with Crippen molar-refractivity contribution in [2.45, 2.75) is 6.54 Å². The highest BCUT2D eigenvalue weighted by Gasteiger charge is 2.11. The summed E-state index contributed by atoms with van der Waals surface area (Å²) >= 11 is 0. The van der Waals surface area contributed by atoms with E-state index in [0.717, 1.165) is 11.1 Å². The predicted octanol–water partition coefficient (Wildman–Crippen LogP) is 2.28. The zero-order valence-electron chi connectivity index (χ0n) is 10.4. The van der Waals surface area contributed by atoms with Gasteiger partial charge in [0.25, 0.3) is 0 Å². The number of nitrogens with zero attached hydrogens (tertiary/aromatic N) is 3. The molecule has 0 saturated carbocycles.